The van der Waals surface area contributed by atoms with Crippen molar-refractivity contribution in [2.75, 3.05) is 18.0 Å². The Morgan fingerprint density at radius 1 is 1.19 bits per heavy atom. The molecule has 2 nitrogen and oxygen atoms in total. The highest BCUT2D eigenvalue weighted by Gasteiger charge is 2.09. The largest absolute Gasteiger partial charge is 0.356 e. The van der Waals surface area contributed by atoms with Crippen molar-refractivity contribution in [3.8, 4) is 0 Å². The quantitative estimate of drug-likeness (QED) is 0.848. The van der Waals surface area contributed by atoms with Crippen molar-refractivity contribution in [3.05, 3.63) is 34.8 Å². The Bertz CT molecular complexity index is 492. The predicted octanol–water partition coefficient (Wildman–Crippen LogP) is 3.84. The van der Waals surface area contributed by atoms with Crippen LogP contribution >= 0.6 is 15.9 Å². The summed E-state index contributed by atoms with van der Waals surface area (Å²) in [5, 5.41) is 1.17. The van der Waals surface area contributed by atoms with Crippen LogP contribution in [-0.4, -0.2) is 18.1 Å². The number of benzene rings is 1. The zero-order valence-electron chi connectivity index (χ0n) is 9.57. The van der Waals surface area contributed by atoms with Gasteiger partial charge in [-0.3, -0.25) is 0 Å². The van der Waals surface area contributed by atoms with E-state index in [0.717, 1.165) is 28.9 Å². The third kappa shape index (κ3) is 2.05. The summed E-state index contributed by atoms with van der Waals surface area (Å²) >= 11 is 3.60. The van der Waals surface area contributed by atoms with Crippen LogP contribution in [0.2, 0.25) is 0 Å². The van der Waals surface area contributed by atoms with Crippen LogP contribution in [0.5, 0.6) is 0 Å². The fraction of sp³-hybridized carbons (Fsp3) is 0.308. The monoisotopic (exact) mass is 278 g/mol. The van der Waals surface area contributed by atoms with Crippen molar-refractivity contribution in [1.82, 2.24) is 4.98 Å². The molecule has 16 heavy (non-hydrogen) atoms. The first-order chi connectivity index (χ1) is 7.76. The molecule has 0 radical (unpaired) electrons. The first-order valence-electron chi connectivity index (χ1n) is 5.56. The van der Waals surface area contributed by atoms with E-state index in [0.29, 0.717) is 0 Å². The van der Waals surface area contributed by atoms with E-state index in [-0.39, 0.29) is 0 Å². The molecule has 3 heteroatoms. The van der Waals surface area contributed by atoms with E-state index in [1.165, 1.54) is 5.39 Å². The topological polar surface area (TPSA) is 16.1 Å². The van der Waals surface area contributed by atoms with Gasteiger partial charge in [0.05, 0.1) is 9.99 Å². The lowest BCUT2D eigenvalue weighted by Crippen LogP contribution is -2.23. The fourth-order valence-electron chi connectivity index (χ4n) is 1.82. The molecule has 0 aliphatic carbocycles. The number of nitrogens with zero attached hydrogens (tertiary/aromatic N) is 2. The molecular formula is C13H15BrN2. The molecule has 84 valence electrons. The van der Waals surface area contributed by atoms with Crippen molar-refractivity contribution in [1.29, 1.82) is 0 Å². The summed E-state index contributed by atoms with van der Waals surface area (Å²) in [6.45, 7) is 6.24. The molecule has 0 N–H and O–H groups in total. The number of halogens is 1. The molecule has 2 aromatic rings. The maximum absolute atomic E-state index is 4.70. The molecule has 0 unspecified atom stereocenters. The molecule has 0 aliphatic rings. The van der Waals surface area contributed by atoms with E-state index in [2.05, 4.69) is 52.9 Å². The van der Waals surface area contributed by atoms with Crippen LogP contribution in [0.1, 0.15) is 13.8 Å². The van der Waals surface area contributed by atoms with Gasteiger partial charge in [-0.15, -0.1) is 0 Å². The Morgan fingerprint density at radius 3 is 2.56 bits per heavy atom. The van der Waals surface area contributed by atoms with Crippen LogP contribution in [-0.2, 0) is 0 Å². The first kappa shape index (κ1) is 11.4. The molecule has 1 aromatic heterocycles. The number of pyridine rings is 1. The van der Waals surface area contributed by atoms with Crippen molar-refractivity contribution >= 4 is 32.7 Å². The van der Waals surface area contributed by atoms with Gasteiger partial charge in [0.15, 0.2) is 0 Å². The van der Waals surface area contributed by atoms with Gasteiger partial charge in [-0.2, -0.15) is 0 Å². The fourth-order valence-corrected chi connectivity index (χ4v) is 2.41. The normalized spacial score (nSPS) is 10.7. The zero-order chi connectivity index (χ0) is 11.5. The van der Waals surface area contributed by atoms with Crippen molar-refractivity contribution in [2.24, 2.45) is 0 Å². The smallest absolute Gasteiger partial charge is 0.143 e. The maximum Gasteiger partial charge on any atom is 0.143 e. The lowest BCUT2D eigenvalue weighted by Gasteiger charge is -2.21. The van der Waals surface area contributed by atoms with Crippen LogP contribution in [0.4, 0.5) is 5.82 Å². The highest BCUT2D eigenvalue weighted by Crippen LogP contribution is 2.27. The summed E-state index contributed by atoms with van der Waals surface area (Å²) in [4.78, 5) is 6.94. The molecule has 0 fully saturated rings. The predicted molar refractivity (Wildman–Crippen MR) is 73.0 cm³/mol. The van der Waals surface area contributed by atoms with Gasteiger partial charge in [-0.1, -0.05) is 18.2 Å². The number of fused-ring (bicyclic) bond motifs is 1. The summed E-state index contributed by atoms with van der Waals surface area (Å²) < 4.78 is 1.06. The van der Waals surface area contributed by atoms with Crippen molar-refractivity contribution in [3.63, 3.8) is 0 Å². The van der Waals surface area contributed by atoms with E-state index in [1.54, 1.807) is 0 Å². The molecule has 0 spiro atoms. The molecular weight excluding hydrogens is 264 g/mol. The Labute approximate surface area is 104 Å². The Hall–Kier alpha value is -1.09. The minimum Gasteiger partial charge on any atom is -0.356 e. The lowest BCUT2D eigenvalue weighted by molar-refractivity contribution is 0.846. The Balaban J connectivity index is 2.57. The minimum atomic E-state index is 0.973. The third-order valence-electron chi connectivity index (χ3n) is 2.72. The van der Waals surface area contributed by atoms with Crippen LogP contribution < -0.4 is 4.90 Å². The van der Waals surface area contributed by atoms with E-state index >= 15 is 0 Å². The molecule has 0 saturated carbocycles. The van der Waals surface area contributed by atoms with Gasteiger partial charge in [0.2, 0.25) is 0 Å². The molecule has 0 bridgehead atoms. The SMILES string of the molecule is CCN(CC)c1nc2ccccc2cc1Br. The third-order valence-corrected chi connectivity index (χ3v) is 3.31. The van der Waals surface area contributed by atoms with E-state index in [9.17, 15) is 0 Å². The molecule has 1 aromatic carbocycles. The second-order valence-corrected chi connectivity index (χ2v) is 4.51. The van der Waals surface area contributed by atoms with E-state index < -0.39 is 0 Å². The van der Waals surface area contributed by atoms with Gasteiger partial charge in [0.1, 0.15) is 5.82 Å². The number of para-hydroxylation sites is 1. The standard InChI is InChI=1S/C13H15BrN2/c1-3-16(4-2)13-11(14)9-10-7-5-6-8-12(10)15-13/h5-9H,3-4H2,1-2H3. The molecule has 0 atom stereocenters. The van der Waals surface area contributed by atoms with Gasteiger partial charge < -0.3 is 4.90 Å². The summed E-state index contributed by atoms with van der Waals surface area (Å²) in [5.74, 6) is 1.03. The summed E-state index contributed by atoms with van der Waals surface area (Å²) in [5.41, 5.74) is 1.05. The van der Waals surface area contributed by atoms with Gasteiger partial charge >= 0.3 is 0 Å². The second kappa shape index (κ2) is 4.83. The van der Waals surface area contributed by atoms with Crippen LogP contribution in [0.3, 0.4) is 0 Å². The summed E-state index contributed by atoms with van der Waals surface area (Å²) in [6.07, 6.45) is 0. The molecule has 1 heterocycles. The Morgan fingerprint density at radius 2 is 1.88 bits per heavy atom. The maximum atomic E-state index is 4.70. The average Bonchev–Trinajstić information content (AvgIpc) is 2.31. The highest BCUT2D eigenvalue weighted by atomic mass is 79.9. The van der Waals surface area contributed by atoms with E-state index in [1.807, 2.05) is 12.1 Å². The van der Waals surface area contributed by atoms with Crippen molar-refractivity contribution in [2.45, 2.75) is 13.8 Å². The molecule has 0 aliphatic heterocycles. The van der Waals surface area contributed by atoms with Crippen molar-refractivity contribution < 1.29 is 0 Å². The van der Waals surface area contributed by atoms with E-state index in [4.69, 9.17) is 4.98 Å². The number of rotatable bonds is 3. The second-order valence-electron chi connectivity index (χ2n) is 3.66. The first-order valence-corrected chi connectivity index (χ1v) is 6.35. The summed E-state index contributed by atoms with van der Waals surface area (Å²) in [7, 11) is 0. The van der Waals surface area contributed by atoms with Gasteiger partial charge in [0, 0.05) is 18.5 Å². The van der Waals surface area contributed by atoms with Crippen LogP contribution in [0, 0.1) is 0 Å². The minimum absolute atomic E-state index is 0.973. The number of hydrogen-bond donors (Lipinski definition) is 0. The molecule has 0 amide bonds. The number of aromatic nitrogens is 1. The zero-order valence-corrected chi connectivity index (χ0v) is 11.2. The number of anilines is 1. The lowest BCUT2D eigenvalue weighted by atomic mass is 10.2. The number of hydrogen-bond acceptors (Lipinski definition) is 2. The average molecular weight is 279 g/mol. The van der Waals surface area contributed by atoms with Gasteiger partial charge in [-0.05, 0) is 41.9 Å². The summed E-state index contributed by atoms with van der Waals surface area (Å²) in [6, 6.07) is 10.3. The highest BCUT2D eigenvalue weighted by molar-refractivity contribution is 9.10. The Kier molecular flexibility index (Phi) is 3.44. The van der Waals surface area contributed by atoms with Gasteiger partial charge in [0.25, 0.3) is 0 Å². The van der Waals surface area contributed by atoms with Crippen LogP contribution in [0.25, 0.3) is 10.9 Å². The molecule has 0 saturated heterocycles. The van der Waals surface area contributed by atoms with Gasteiger partial charge in [-0.25, -0.2) is 4.98 Å². The van der Waals surface area contributed by atoms with Crippen LogP contribution in [0.15, 0.2) is 34.8 Å². The molecule has 2 rings (SSSR count).